The maximum absolute atomic E-state index is 12.0. The Balaban J connectivity index is 1.97. The van der Waals surface area contributed by atoms with E-state index in [1.807, 2.05) is 0 Å². The van der Waals surface area contributed by atoms with Crippen LogP contribution in [0.15, 0.2) is 23.2 Å². The first-order valence-corrected chi connectivity index (χ1v) is 7.58. The van der Waals surface area contributed by atoms with Crippen LogP contribution in [-0.4, -0.2) is 38.4 Å². The first kappa shape index (κ1) is 14.7. The Bertz CT molecular complexity index is 544. The highest BCUT2D eigenvalue weighted by atomic mass is 35.5. The molecule has 1 aliphatic heterocycles. The third-order valence-corrected chi connectivity index (χ3v) is 4.21. The molecule has 6 nitrogen and oxygen atoms in total. The van der Waals surface area contributed by atoms with E-state index in [0.717, 1.165) is 0 Å². The molecule has 1 N–H and O–H groups in total. The van der Waals surface area contributed by atoms with Crippen molar-refractivity contribution in [1.82, 2.24) is 9.71 Å². The van der Waals surface area contributed by atoms with E-state index in [1.165, 1.54) is 18.3 Å². The molecule has 0 bridgehead atoms. The van der Waals surface area contributed by atoms with Crippen LogP contribution in [0.3, 0.4) is 0 Å². The van der Waals surface area contributed by atoms with E-state index >= 15 is 0 Å². The van der Waals surface area contributed by atoms with Gasteiger partial charge in [-0.05, 0) is 26.0 Å². The average molecular weight is 307 g/mol. The molecule has 2 heterocycles. The maximum Gasteiger partial charge on any atom is 0.242 e. The summed E-state index contributed by atoms with van der Waals surface area (Å²) in [5.74, 6) is -0.669. The van der Waals surface area contributed by atoms with Crippen molar-refractivity contribution in [3.8, 4) is 0 Å². The van der Waals surface area contributed by atoms with Gasteiger partial charge in [-0.2, -0.15) is 0 Å². The lowest BCUT2D eigenvalue weighted by Gasteiger charge is -2.17. The molecule has 1 aromatic heterocycles. The van der Waals surface area contributed by atoms with Gasteiger partial charge in [0.05, 0.1) is 12.7 Å². The van der Waals surface area contributed by atoms with Gasteiger partial charge in [-0.15, -0.1) is 0 Å². The van der Waals surface area contributed by atoms with Gasteiger partial charge in [-0.1, -0.05) is 11.6 Å². The summed E-state index contributed by atoms with van der Waals surface area (Å²) in [6.45, 7) is 4.07. The number of nitrogens with zero attached hydrogens (tertiary/aromatic N) is 1. The molecule has 0 amide bonds. The van der Waals surface area contributed by atoms with E-state index in [0.29, 0.717) is 6.61 Å². The monoisotopic (exact) mass is 306 g/mol. The van der Waals surface area contributed by atoms with Gasteiger partial charge in [0.1, 0.15) is 10.0 Å². The Labute approximate surface area is 117 Å². The summed E-state index contributed by atoms with van der Waals surface area (Å²) in [4.78, 5) is 3.80. The lowest BCUT2D eigenvalue weighted by atomic mass is 10.4. The minimum absolute atomic E-state index is 0.0649. The number of rotatable bonds is 4. The number of ether oxygens (including phenoxy) is 2. The number of nitrogens with one attached hydrogen (secondary N) is 1. The zero-order valence-corrected chi connectivity index (χ0v) is 12.2. The van der Waals surface area contributed by atoms with E-state index in [4.69, 9.17) is 21.1 Å². The minimum Gasteiger partial charge on any atom is -0.348 e. The van der Waals surface area contributed by atoms with Crippen molar-refractivity contribution >= 4 is 21.6 Å². The molecule has 1 saturated heterocycles. The summed E-state index contributed by atoms with van der Waals surface area (Å²) in [5, 5.41) is 0.244. The average Bonchev–Trinajstić information content (AvgIpc) is 2.67. The molecule has 1 aromatic rings. The molecular formula is C11H15ClN2O4S. The van der Waals surface area contributed by atoms with Crippen LogP contribution in [0.25, 0.3) is 0 Å². The number of halogens is 1. The SMILES string of the molecule is CC1(C)OCC(CNS(=O)(=O)c2ccc(Cl)nc2)O1. The van der Waals surface area contributed by atoms with E-state index in [2.05, 4.69) is 9.71 Å². The first-order chi connectivity index (χ1) is 8.78. The Morgan fingerprint density at radius 1 is 1.53 bits per heavy atom. The van der Waals surface area contributed by atoms with Crippen molar-refractivity contribution in [2.75, 3.05) is 13.2 Å². The molecule has 1 atom stereocenters. The van der Waals surface area contributed by atoms with E-state index in [9.17, 15) is 8.42 Å². The summed E-state index contributed by atoms with van der Waals surface area (Å²) < 4.78 is 37.3. The Hall–Kier alpha value is -0.730. The smallest absolute Gasteiger partial charge is 0.242 e. The van der Waals surface area contributed by atoms with Crippen molar-refractivity contribution in [3.05, 3.63) is 23.5 Å². The Morgan fingerprint density at radius 3 is 2.79 bits per heavy atom. The second kappa shape index (κ2) is 5.34. The molecule has 8 heteroatoms. The number of pyridine rings is 1. The standard InChI is InChI=1S/C11H15ClN2O4S/c1-11(2)17-7-8(18-11)5-14-19(15,16)9-3-4-10(12)13-6-9/h3-4,6,8,14H,5,7H2,1-2H3. The minimum atomic E-state index is -3.61. The molecule has 0 aromatic carbocycles. The summed E-state index contributed by atoms with van der Waals surface area (Å²) in [6.07, 6.45) is 0.908. The van der Waals surface area contributed by atoms with Gasteiger partial charge in [-0.25, -0.2) is 18.1 Å². The topological polar surface area (TPSA) is 77.5 Å². The molecule has 106 valence electrons. The van der Waals surface area contributed by atoms with Gasteiger partial charge in [0, 0.05) is 12.7 Å². The number of hydrogen-bond acceptors (Lipinski definition) is 5. The van der Waals surface area contributed by atoms with Gasteiger partial charge in [0.2, 0.25) is 10.0 Å². The van der Waals surface area contributed by atoms with Crippen LogP contribution in [0.4, 0.5) is 0 Å². The van der Waals surface area contributed by atoms with Crippen LogP contribution < -0.4 is 4.72 Å². The fourth-order valence-corrected chi connectivity index (χ4v) is 2.79. The molecule has 0 spiro atoms. The van der Waals surface area contributed by atoms with Crippen molar-refractivity contribution in [1.29, 1.82) is 0 Å². The zero-order valence-electron chi connectivity index (χ0n) is 10.6. The van der Waals surface area contributed by atoms with Gasteiger partial charge in [0.25, 0.3) is 0 Å². The van der Waals surface area contributed by atoms with Crippen LogP contribution in [-0.2, 0) is 19.5 Å². The van der Waals surface area contributed by atoms with Crippen molar-refractivity contribution in [3.63, 3.8) is 0 Å². The lowest BCUT2D eigenvalue weighted by Crippen LogP contribution is -2.34. The second-order valence-corrected chi connectivity index (χ2v) is 6.77. The van der Waals surface area contributed by atoms with Crippen molar-refractivity contribution in [2.45, 2.75) is 30.6 Å². The van der Waals surface area contributed by atoms with Crippen LogP contribution in [0, 0.1) is 0 Å². The third kappa shape index (κ3) is 3.87. The summed E-state index contributed by atoms with van der Waals surface area (Å²) in [6, 6.07) is 2.82. The van der Waals surface area contributed by atoms with Gasteiger partial charge in [0.15, 0.2) is 5.79 Å². The fourth-order valence-electron chi connectivity index (χ4n) is 1.67. The number of sulfonamides is 1. The highest BCUT2D eigenvalue weighted by Crippen LogP contribution is 2.22. The molecule has 0 radical (unpaired) electrons. The van der Waals surface area contributed by atoms with Crippen LogP contribution in [0.5, 0.6) is 0 Å². The predicted molar refractivity (Wildman–Crippen MR) is 69.3 cm³/mol. The second-order valence-electron chi connectivity index (χ2n) is 4.62. The molecular weight excluding hydrogens is 292 g/mol. The molecule has 2 rings (SSSR count). The largest absolute Gasteiger partial charge is 0.348 e. The highest BCUT2D eigenvalue weighted by molar-refractivity contribution is 7.89. The Kier molecular flexibility index (Phi) is 4.12. The highest BCUT2D eigenvalue weighted by Gasteiger charge is 2.33. The van der Waals surface area contributed by atoms with Gasteiger partial charge < -0.3 is 9.47 Å². The quantitative estimate of drug-likeness (QED) is 0.845. The Morgan fingerprint density at radius 2 is 2.26 bits per heavy atom. The molecule has 0 saturated carbocycles. The molecule has 1 unspecified atom stereocenters. The van der Waals surface area contributed by atoms with E-state index < -0.39 is 15.8 Å². The normalized spacial score (nSPS) is 22.6. The molecule has 1 aliphatic rings. The fraction of sp³-hybridized carbons (Fsp3) is 0.545. The van der Waals surface area contributed by atoms with Crippen LogP contribution in [0.2, 0.25) is 5.15 Å². The molecule has 0 aliphatic carbocycles. The number of aromatic nitrogens is 1. The summed E-state index contributed by atoms with van der Waals surface area (Å²) in [7, 11) is -3.61. The van der Waals surface area contributed by atoms with E-state index in [1.54, 1.807) is 13.8 Å². The summed E-state index contributed by atoms with van der Waals surface area (Å²) in [5.41, 5.74) is 0. The van der Waals surface area contributed by atoms with Crippen LogP contribution in [0.1, 0.15) is 13.8 Å². The predicted octanol–water partition coefficient (Wildman–Crippen LogP) is 1.16. The zero-order chi connectivity index (χ0) is 14.1. The van der Waals surface area contributed by atoms with Crippen molar-refractivity contribution in [2.24, 2.45) is 0 Å². The van der Waals surface area contributed by atoms with E-state index in [-0.39, 0.29) is 22.7 Å². The van der Waals surface area contributed by atoms with Crippen LogP contribution >= 0.6 is 11.6 Å². The number of hydrogen-bond donors (Lipinski definition) is 1. The molecule has 19 heavy (non-hydrogen) atoms. The molecule has 1 fully saturated rings. The maximum atomic E-state index is 12.0. The lowest BCUT2D eigenvalue weighted by molar-refractivity contribution is -0.137. The van der Waals surface area contributed by atoms with Crippen molar-refractivity contribution < 1.29 is 17.9 Å². The van der Waals surface area contributed by atoms with Gasteiger partial charge in [-0.3, -0.25) is 0 Å². The van der Waals surface area contributed by atoms with Gasteiger partial charge >= 0.3 is 0 Å². The third-order valence-electron chi connectivity index (χ3n) is 2.58. The summed E-state index contributed by atoms with van der Waals surface area (Å²) >= 11 is 5.61. The first-order valence-electron chi connectivity index (χ1n) is 5.71.